The first-order valence-corrected chi connectivity index (χ1v) is 18.5. The molecule has 140 valence electrons. The van der Waals surface area contributed by atoms with Gasteiger partial charge >= 0.3 is 160 Å². The van der Waals surface area contributed by atoms with Crippen molar-refractivity contribution in [2.75, 3.05) is 11.9 Å². The average molecular weight is 450 g/mol. The Morgan fingerprint density at radius 3 is 1.96 bits per heavy atom. The van der Waals surface area contributed by atoms with Gasteiger partial charge in [0.15, 0.2) is 0 Å². The van der Waals surface area contributed by atoms with Gasteiger partial charge < -0.3 is 0 Å². The van der Waals surface area contributed by atoms with Crippen molar-refractivity contribution in [2.24, 2.45) is 0 Å². The van der Waals surface area contributed by atoms with E-state index < -0.39 is 18.4 Å². The number of benzene rings is 1. The molecule has 2 rings (SSSR count). The summed E-state index contributed by atoms with van der Waals surface area (Å²) in [7, 11) is 1.96. The number of likely N-dealkylation sites (N-methyl/N-ethyl adjacent to an activating group) is 1. The molecule has 0 saturated carbocycles. The Labute approximate surface area is 159 Å². The number of carbonyl (C=O) groups excluding carboxylic acids is 1. The molecule has 1 aromatic carbocycles. The molecule has 1 unspecified atom stereocenters. The van der Waals surface area contributed by atoms with E-state index in [4.69, 9.17) is 0 Å². The van der Waals surface area contributed by atoms with Gasteiger partial charge in [-0.2, -0.15) is 0 Å². The zero-order valence-corrected chi connectivity index (χ0v) is 19.7. The Hall–Kier alpha value is -0.511. The second kappa shape index (κ2) is 9.99. The van der Waals surface area contributed by atoms with Gasteiger partial charge in [-0.25, -0.2) is 0 Å². The van der Waals surface area contributed by atoms with Crippen LogP contribution in [0.1, 0.15) is 70.8 Å². The molecule has 1 heterocycles. The number of para-hydroxylation sites is 1. The normalized spacial score (nSPS) is 17.2. The monoisotopic (exact) mass is 451 g/mol. The third-order valence-electron chi connectivity index (χ3n) is 6.12. The number of anilines is 1. The molecule has 0 N–H and O–H groups in total. The van der Waals surface area contributed by atoms with E-state index in [1.165, 1.54) is 61.8 Å². The van der Waals surface area contributed by atoms with Crippen molar-refractivity contribution < 1.29 is 4.79 Å². The molecule has 1 aromatic rings. The van der Waals surface area contributed by atoms with Crippen LogP contribution in [0.25, 0.3) is 0 Å². The summed E-state index contributed by atoms with van der Waals surface area (Å²) in [6.07, 6.45) is 8.02. The van der Waals surface area contributed by atoms with Crippen LogP contribution in [0.5, 0.6) is 0 Å². The number of amides is 1. The van der Waals surface area contributed by atoms with E-state index in [0.717, 1.165) is 5.69 Å². The average Bonchev–Trinajstić information content (AvgIpc) is 2.88. The van der Waals surface area contributed by atoms with Crippen molar-refractivity contribution in [1.82, 2.24) is 0 Å². The van der Waals surface area contributed by atoms with Gasteiger partial charge in [0.1, 0.15) is 0 Å². The first-order chi connectivity index (χ1) is 12.1. The quantitative estimate of drug-likeness (QED) is 0.348. The fraction of sp³-hybridized carbons (Fsp3) is 0.682. The van der Waals surface area contributed by atoms with Crippen LogP contribution in [0.3, 0.4) is 0 Å². The number of unbranched alkanes of at least 4 members (excludes halogenated alkanes) is 3. The van der Waals surface area contributed by atoms with Crippen molar-refractivity contribution in [3.05, 3.63) is 29.8 Å². The third kappa shape index (κ3) is 5.02. The molecular weight excluding hydrogens is 413 g/mol. The molecule has 0 aliphatic carbocycles. The van der Waals surface area contributed by atoms with Gasteiger partial charge in [0.05, 0.1) is 0 Å². The molecule has 3 heteroatoms. The summed E-state index contributed by atoms with van der Waals surface area (Å²) in [6, 6.07) is 8.50. The van der Waals surface area contributed by atoms with Crippen LogP contribution < -0.4 is 4.90 Å². The zero-order valence-electron chi connectivity index (χ0n) is 16.8. The molecule has 0 bridgehead atoms. The molecule has 1 atom stereocenters. The number of carbonyl (C=O) groups is 1. The Morgan fingerprint density at radius 1 is 0.920 bits per heavy atom. The minimum absolute atomic E-state index is 0.155. The van der Waals surface area contributed by atoms with E-state index in [0.29, 0.717) is 5.91 Å². The molecule has 1 amide bonds. The van der Waals surface area contributed by atoms with Crippen LogP contribution in [0.15, 0.2) is 24.3 Å². The van der Waals surface area contributed by atoms with Crippen molar-refractivity contribution in [2.45, 2.75) is 83.0 Å². The SMILES string of the molecule is CCC[CH2][Sn]([CH2]CCC)([CH2]CCC)[CH2]C1C(=O)N(C)c2ccccc21. The van der Waals surface area contributed by atoms with Gasteiger partial charge in [0.25, 0.3) is 0 Å². The van der Waals surface area contributed by atoms with Gasteiger partial charge in [0.2, 0.25) is 0 Å². The number of hydrogen-bond donors (Lipinski definition) is 0. The van der Waals surface area contributed by atoms with E-state index >= 15 is 0 Å². The van der Waals surface area contributed by atoms with Crippen LogP contribution in [0.4, 0.5) is 5.69 Å². The summed E-state index contributed by atoms with van der Waals surface area (Å²) in [6.45, 7) is 6.96. The first-order valence-electron chi connectivity index (χ1n) is 10.4. The van der Waals surface area contributed by atoms with Crippen molar-refractivity contribution in [1.29, 1.82) is 0 Å². The van der Waals surface area contributed by atoms with Crippen molar-refractivity contribution in [3.63, 3.8) is 0 Å². The molecule has 1 aliphatic rings. The van der Waals surface area contributed by atoms with Gasteiger partial charge in [-0.15, -0.1) is 0 Å². The van der Waals surface area contributed by atoms with Crippen LogP contribution in [0, 0.1) is 0 Å². The summed E-state index contributed by atoms with van der Waals surface area (Å²) >= 11 is -2.30. The molecule has 0 radical (unpaired) electrons. The standard InChI is InChI=1S/C10H10NO.3C4H9.Sn/c1-7-8-5-3-4-6-9(8)11(2)10(7)12;3*1-3-4-2;/h3-7H,1H2,2H3;3*1,3-4H2,2H3;. The number of fused-ring (bicyclic) bond motifs is 1. The first kappa shape index (κ1) is 20.8. The third-order valence-corrected chi connectivity index (χ3v) is 21.9. The second-order valence-electron chi connectivity index (χ2n) is 8.02. The summed E-state index contributed by atoms with van der Waals surface area (Å²) in [4.78, 5) is 14.9. The van der Waals surface area contributed by atoms with Gasteiger partial charge in [-0.1, -0.05) is 0 Å². The predicted molar refractivity (Wildman–Crippen MR) is 112 cm³/mol. The van der Waals surface area contributed by atoms with Gasteiger partial charge in [-0.3, -0.25) is 0 Å². The maximum atomic E-state index is 13.0. The zero-order chi connectivity index (χ0) is 18.3. The van der Waals surface area contributed by atoms with Crippen LogP contribution >= 0.6 is 0 Å². The predicted octanol–water partition coefficient (Wildman–Crippen LogP) is 6.60. The summed E-state index contributed by atoms with van der Waals surface area (Å²) in [5.41, 5.74) is 2.46. The Balaban J connectivity index is 2.28. The Bertz CT molecular complexity index is 535. The molecule has 0 saturated heterocycles. The minimum atomic E-state index is -2.30. The topological polar surface area (TPSA) is 20.3 Å². The van der Waals surface area contributed by atoms with Gasteiger partial charge in [-0.05, 0) is 0 Å². The molecule has 0 aromatic heterocycles. The Kier molecular flexibility index (Phi) is 8.31. The fourth-order valence-electron chi connectivity index (χ4n) is 4.54. The molecule has 2 nitrogen and oxygen atoms in total. The number of rotatable bonds is 11. The number of nitrogens with zero attached hydrogens (tertiary/aromatic N) is 1. The van der Waals surface area contributed by atoms with Crippen molar-refractivity contribution >= 4 is 30.0 Å². The van der Waals surface area contributed by atoms with E-state index in [1.807, 2.05) is 11.9 Å². The molecule has 0 fully saturated rings. The summed E-state index contributed by atoms with van der Waals surface area (Å²) < 4.78 is 5.71. The van der Waals surface area contributed by atoms with Gasteiger partial charge in [0, 0.05) is 0 Å². The molecule has 1 aliphatic heterocycles. The van der Waals surface area contributed by atoms with Crippen molar-refractivity contribution in [3.8, 4) is 0 Å². The second-order valence-corrected chi connectivity index (χ2v) is 22.0. The maximum absolute atomic E-state index is 13.0. The molecule has 25 heavy (non-hydrogen) atoms. The Morgan fingerprint density at radius 2 is 1.44 bits per heavy atom. The fourth-order valence-corrected chi connectivity index (χ4v) is 21.5. The van der Waals surface area contributed by atoms with Crippen LogP contribution in [-0.2, 0) is 4.79 Å². The van der Waals surface area contributed by atoms with E-state index in [-0.39, 0.29) is 5.92 Å². The molecule has 0 spiro atoms. The van der Waals surface area contributed by atoms with E-state index in [1.54, 1.807) is 0 Å². The van der Waals surface area contributed by atoms with Crippen LogP contribution in [0.2, 0.25) is 17.7 Å². The van der Waals surface area contributed by atoms with E-state index in [2.05, 4.69) is 45.0 Å². The summed E-state index contributed by atoms with van der Waals surface area (Å²) in [5, 5.41) is 0. The van der Waals surface area contributed by atoms with E-state index in [9.17, 15) is 4.79 Å². The summed E-state index contributed by atoms with van der Waals surface area (Å²) in [5.74, 6) is 0.509. The number of hydrogen-bond acceptors (Lipinski definition) is 1. The molecular formula is C22H37NOSn. The van der Waals surface area contributed by atoms with Crippen LogP contribution in [-0.4, -0.2) is 31.3 Å².